The van der Waals surface area contributed by atoms with Gasteiger partial charge in [0.1, 0.15) is 0 Å². The van der Waals surface area contributed by atoms with Crippen LogP contribution in [0.25, 0.3) is 0 Å². The first-order chi connectivity index (χ1) is 4.65. The fourth-order valence-electron chi connectivity index (χ4n) is 0.394. The molecule has 0 bridgehead atoms. The van der Waals surface area contributed by atoms with Crippen molar-refractivity contribution < 1.29 is 14.4 Å². The molecule has 0 rings (SSSR count). The van der Waals surface area contributed by atoms with E-state index in [1.165, 1.54) is 19.3 Å². The molecule has 7 N–H and O–H groups in total. The molecule has 0 saturated carbocycles. The molecule has 5 nitrogen and oxygen atoms in total. The number of nitrogens with two attached hydrogens (primary N) is 1. The van der Waals surface area contributed by atoms with Gasteiger partial charge in [-0.25, -0.2) is 0 Å². The standard InChI is InChI=1S/C5H13N.H3N.HO3P/c1-2-3-4-5-6;;1-4(2)3/h2-6H2,1H3;1H3;(H-,1,2,3)/p+1. The molecule has 0 saturated heterocycles. The van der Waals surface area contributed by atoms with Crippen molar-refractivity contribution in [2.24, 2.45) is 5.73 Å². The third kappa shape index (κ3) is 72.5. The molecule has 0 radical (unpaired) electrons. The maximum absolute atomic E-state index is 8.70. The second-order valence-corrected chi connectivity index (χ2v) is 2.25. The Morgan fingerprint density at radius 2 is 1.73 bits per heavy atom. The van der Waals surface area contributed by atoms with Gasteiger partial charge in [0.05, 0.1) is 0 Å². The zero-order valence-corrected chi connectivity index (χ0v) is 7.76. The van der Waals surface area contributed by atoms with Gasteiger partial charge < -0.3 is 11.9 Å². The summed E-state index contributed by atoms with van der Waals surface area (Å²) in [6, 6.07) is 0. The second-order valence-electron chi connectivity index (χ2n) is 1.75. The van der Waals surface area contributed by atoms with Crippen molar-refractivity contribution in [2.45, 2.75) is 26.2 Å². The smallest absolute Gasteiger partial charge is 0.344 e. The zero-order valence-electron chi connectivity index (χ0n) is 6.86. The predicted octanol–water partition coefficient (Wildman–Crippen LogP) is 0.926. The first kappa shape index (κ1) is 17.1. The molecule has 0 aromatic heterocycles. The average Bonchev–Trinajstić information content (AvgIpc) is 1.82. The van der Waals surface area contributed by atoms with E-state index in [9.17, 15) is 0 Å². The summed E-state index contributed by atoms with van der Waals surface area (Å²) >= 11 is 0. The van der Waals surface area contributed by atoms with Gasteiger partial charge in [0, 0.05) is 4.57 Å². The van der Waals surface area contributed by atoms with Crippen LogP contribution in [0.5, 0.6) is 0 Å². The molecular weight excluding hydrogens is 167 g/mol. The SMILES string of the molecule is CCCCCN.N.O=[P+](O)O. The minimum Gasteiger partial charge on any atom is -0.344 e. The number of hydrogen-bond donors (Lipinski definition) is 4. The normalized spacial score (nSPS) is 7.27. The number of rotatable bonds is 3. The topological polar surface area (TPSA) is 119 Å². The van der Waals surface area contributed by atoms with Crippen molar-refractivity contribution >= 4 is 8.25 Å². The van der Waals surface area contributed by atoms with Gasteiger partial charge >= 0.3 is 8.25 Å². The minimum absolute atomic E-state index is 0. The van der Waals surface area contributed by atoms with E-state index in [4.69, 9.17) is 20.1 Å². The zero-order chi connectivity index (χ0) is 8.41. The van der Waals surface area contributed by atoms with E-state index in [-0.39, 0.29) is 6.15 Å². The highest BCUT2D eigenvalue weighted by Crippen LogP contribution is 1.98. The highest BCUT2D eigenvalue weighted by molar-refractivity contribution is 7.30. The number of unbranched alkanes of at least 4 members (excludes halogenated alkanes) is 2. The summed E-state index contributed by atoms with van der Waals surface area (Å²) in [7, 11) is -2.87. The van der Waals surface area contributed by atoms with Crippen LogP contribution in [0.2, 0.25) is 0 Å². The Morgan fingerprint density at radius 3 is 1.82 bits per heavy atom. The monoisotopic (exact) mass is 185 g/mol. The fourth-order valence-corrected chi connectivity index (χ4v) is 0.394. The predicted molar refractivity (Wildman–Crippen MR) is 45.6 cm³/mol. The second kappa shape index (κ2) is 16.5. The van der Waals surface area contributed by atoms with Gasteiger partial charge in [0.2, 0.25) is 0 Å². The van der Waals surface area contributed by atoms with Crippen LogP contribution in [0, 0.1) is 0 Å². The summed E-state index contributed by atoms with van der Waals surface area (Å²) < 4.78 is 8.70. The van der Waals surface area contributed by atoms with Gasteiger partial charge in [0.25, 0.3) is 0 Å². The van der Waals surface area contributed by atoms with E-state index >= 15 is 0 Å². The number of hydrogen-bond acceptors (Lipinski definition) is 3. The molecule has 0 aliphatic rings. The van der Waals surface area contributed by atoms with Gasteiger partial charge in [-0.3, -0.25) is 0 Å². The molecule has 11 heavy (non-hydrogen) atoms. The molecule has 0 aromatic rings. The summed E-state index contributed by atoms with van der Waals surface area (Å²) in [5.41, 5.74) is 5.21. The van der Waals surface area contributed by atoms with Gasteiger partial charge in [-0.2, -0.15) is 0 Å². The average molecular weight is 185 g/mol. The Kier molecular flexibility index (Phi) is 25.7. The van der Waals surface area contributed by atoms with Gasteiger partial charge in [0.15, 0.2) is 0 Å². The van der Waals surface area contributed by atoms with E-state index in [1.807, 2.05) is 0 Å². The van der Waals surface area contributed by atoms with Crippen LogP contribution in [-0.4, -0.2) is 16.3 Å². The highest BCUT2D eigenvalue weighted by atomic mass is 31.1. The van der Waals surface area contributed by atoms with Crippen LogP contribution < -0.4 is 11.9 Å². The minimum atomic E-state index is -2.87. The van der Waals surface area contributed by atoms with Crippen molar-refractivity contribution in [1.82, 2.24) is 6.15 Å². The lowest BCUT2D eigenvalue weighted by Gasteiger charge is -1.86. The Hall–Kier alpha value is -0.0600. The van der Waals surface area contributed by atoms with Crippen LogP contribution in [0.15, 0.2) is 0 Å². The van der Waals surface area contributed by atoms with Crippen molar-refractivity contribution in [3.63, 3.8) is 0 Å². The Bertz CT molecular complexity index is 74.1. The first-order valence-corrected chi connectivity index (χ1v) is 4.36. The quantitative estimate of drug-likeness (QED) is 0.385. The van der Waals surface area contributed by atoms with Crippen LogP contribution in [-0.2, 0) is 4.57 Å². The van der Waals surface area contributed by atoms with Crippen molar-refractivity contribution in [2.75, 3.05) is 6.54 Å². The molecule has 0 aliphatic heterocycles. The van der Waals surface area contributed by atoms with Crippen LogP contribution in [0.3, 0.4) is 0 Å². The molecule has 0 heterocycles. The summed E-state index contributed by atoms with van der Waals surface area (Å²) in [6.07, 6.45) is 3.75. The lowest BCUT2D eigenvalue weighted by Crippen LogP contribution is -1.96. The van der Waals surface area contributed by atoms with Crippen LogP contribution in [0.4, 0.5) is 0 Å². The largest absolute Gasteiger partial charge is 0.692 e. The van der Waals surface area contributed by atoms with Gasteiger partial charge in [-0.15, -0.1) is 9.79 Å². The van der Waals surface area contributed by atoms with Gasteiger partial charge in [-0.05, 0) is 13.0 Å². The van der Waals surface area contributed by atoms with E-state index in [0.29, 0.717) is 0 Å². The third-order valence-corrected chi connectivity index (χ3v) is 0.808. The van der Waals surface area contributed by atoms with Crippen LogP contribution in [0.1, 0.15) is 26.2 Å². The summed E-state index contributed by atoms with van der Waals surface area (Å²) in [6.45, 7) is 3.03. The van der Waals surface area contributed by atoms with E-state index in [1.54, 1.807) is 0 Å². The van der Waals surface area contributed by atoms with Crippen molar-refractivity contribution in [3.05, 3.63) is 0 Å². The molecular formula is C5H18N2O3P+. The molecule has 6 heteroatoms. The molecule has 0 aromatic carbocycles. The fraction of sp³-hybridized carbons (Fsp3) is 1.00. The molecule has 0 spiro atoms. The molecule has 0 unspecified atom stereocenters. The lowest BCUT2D eigenvalue weighted by atomic mass is 10.3. The first-order valence-electron chi connectivity index (χ1n) is 3.20. The molecule has 0 aliphatic carbocycles. The van der Waals surface area contributed by atoms with Crippen molar-refractivity contribution in [3.8, 4) is 0 Å². The summed E-state index contributed by atoms with van der Waals surface area (Å²) in [5, 5.41) is 0. The van der Waals surface area contributed by atoms with E-state index in [0.717, 1.165) is 6.54 Å². The van der Waals surface area contributed by atoms with E-state index < -0.39 is 8.25 Å². The molecule has 0 atom stereocenters. The highest BCUT2D eigenvalue weighted by Gasteiger charge is 1.93. The van der Waals surface area contributed by atoms with Crippen LogP contribution >= 0.6 is 8.25 Å². The molecule has 0 amide bonds. The molecule has 70 valence electrons. The summed E-state index contributed by atoms with van der Waals surface area (Å²) in [4.78, 5) is 14.2. The van der Waals surface area contributed by atoms with Crippen molar-refractivity contribution in [1.29, 1.82) is 0 Å². The maximum Gasteiger partial charge on any atom is 0.692 e. The summed E-state index contributed by atoms with van der Waals surface area (Å²) in [5.74, 6) is 0. The Balaban J connectivity index is -0.000000114. The maximum atomic E-state index is 8.70. The van der Waals surface area contributed by atoms with Gasteiger partial charge in [-0.1, -0.05) is 19.8 Å². The lowest BCUT2D eigenvalue weighted by molar-refractivity contribution is 0.405. The third-order valence-electron chi connectivity index (χ3n) is 0.808. The molecule has 0 fully saturated rings. The Morgan fingerprint density at radius 1 is 1.36 bits per heavy atom. The van der Waals surface area contributed by atoms with E-state index in [2.05, 4.69) is 6.92 Å². The Labute approximate surface area is 68.1 Å².